The molecule has 1 aromatic carbocycles. The summed E-state index contributed by atoms with van der Waals surface area (Å²) < 4.78 is 38.1. The standard InChI is InChI=1S/C16H22F3N/c1-2-20-15(9-8-12-6-7-12)11-13-4-3-5-14(10-13)16(17,18)19/h3-5,10,12,15,20H,2,6-9,11H2,1H3. The van der Waals surface area contributed by atoms with Gasteiger partial charge in [-0.15, -0.1) is 0 Å². The molecule has 0 bridgehead atoms. The molecule has 1 fully saturated rings. The quantitative estimate of drug-likeness (QED) is 0.782. The lowest BCUT2D eigenvalue weighted by atomic mass is 9.99. The zero-order valence-electron chi connectivity index (χ0n) is 11.8. The molecule has 1 atom stereocenters. The van der Waals surface area contributed by atoms with Crippen LogP contribution in [0.4, 0.5) is 13.2 Å². The highest BCUT2D eigenvalue weighted by Crippen LogP contribution is 2.34. The number of halogens is 3. The summed E-state index contributed by atoms with van der Waals surface area (Å²) in [5.41, 5.74) is 0.217. The summed E-state index contributed by atoms with van der Waals surface area (Å²) in [5, 5.41) is 3.39. The maximum Gasteiger partial charge on any atom is 0.416 e. The van der Waals surface area contributed by atoms with Gasteiger partial charge in [0.05, 0.1) is 5.56 Å². The van der Waals surface area contributed by atoms with E-state index in [1.54, 1.807) is 6.07 Å². The first kappa shape index (κ1) is 15.4. The first-order chi connectivity index (χ1) is 9.49. The van der Waals surface area contributed by atoms with Gasteiger partial charge in [-0.3, -0.25) is 0 Å². The van der Waals surface area contributed by atoms with Crippen molar-refractivity contribution in [3.8, 4) is 0 Å². The third-order valence-electron chi connectivity index (χ3n) is 3.85. The molecule has 0 saturated heterocycles. The number of rotatable bonds is 7. The van der Waals surface area contributed by atoms with Crippen LogP contribution in [0.1, 0.15) is 43.7 Å². The predicted molar refractivity (Wildman–Crippen MR) is 74.6 cm³/mol. The number of benzene rings is 1. The molecule has 1 aliphatic rings. The summed E-state index contributed by atoms with van der Waals surface area (Å²) in [6, 6.07) is 5.99. The van der Waals surface area contributed by atoms with Crippen LogP contribution in [0.5, 0.6) is 0 Å². The fourth-order valence-corrected chi connectivity index (χ4v) is 2.57. The van der Waals surface area contributed by atoms with Crippen LogP contribution in [0, 0.1) is 5.92 Å². The molecule has 1 saturated carbocycles. The van der Waals surface area contributed by atoms with Crippen LogP contribution in [-0.4, -0.2) is 12.6 Å². The Morgan fingerprint density at radius 2 is 2.05 bits per heavy atom. The fraction of sp³-hybridized carbons (Fsp3) is 0.625. The van der Waals surface area contributed by atoms with E-state index >= 15 is 0 Å². The minimum atomic E-state index is -4.25. The van der Waals surface area contributed by atoms with Crippen LogP contribution >= 0.6 is 0 Å². The average molecular weight is 285 g/mol. The van der Waals surface area contributed by atoms with E-state index in [9.17, 15) is 13.2 Å². The Hall–Kier alpha value is -1.03. The van der Waals surface area contributed by atoms with E-state index in [0.717, 1.165) is 30.5 Å². The molecule has 2 rings (SSSR count). The molecule has 1 N–H and O–H groups in total. The van der Waals surface area contributed by atoms with Gasteiger partial charge in [0.25, 0.3) is 0 Å². The maximum atomic E-state index is 12.7. The SMILES string of the molecule is CCNC(CCC1CC1)Cc1cccc(C(F)(F)F)c1. The molecular formula is C16H22F3N. The maximum absolute atomic E-state index is 12.7. The first-order valence-electron chi connectivity index (χ1n) is 7.38. The van der Waals surface area contributed by atoms with E-state index in [4.69, 9.17) is 0 Å². The lowest BCUT2D eigenvalue weighted by Gasteiger charge is -2.18. The van der Waals surface area contributed by atoms with Gasteiger partial charge < -0.3 is 5.32 Å². The molecule has 0 amide bonds. The smallest absolute Gasteiger partial charge is 0.314 e. The highest BCUT2D eigenvalue weighted by molar-refractivity contribution is 5.26. The van der Waals surface area contributed by atoms with E-state index in [-0.39, 0.29) is 6.04 Å². The third-order valence-corrected chi connectivity index (χ3v) is 3.85. The molecule has 0 aliphatic heterocycles. The molecule has 0 heterocycles. The number of likely N-dealkylation sites (N-methyl/N-ethyl adjacent to an activating group) is 1. The number of hydrogen-bond acceptors (Lipinski definition) is 1. The molecule has 1 nitrogen and oxygen atoms in total. The summed E-state index contributed by atoms with van der Waals surface area (Å²) in [4.78, 5) is 0. The second-order valence-corrected chi connectivity index (χ2v) is 5.68. The van der Waals surface area contributed by atoms with Crippen molar-refractivity contribution in [1.29, 1.82) is 0 Å². The van der Waals surface area contributed by atoms with E-state index in [2.05, 4.69) is 5.32 Å². The van der Waals surface area contributed by atoms with Crippen molar-refractivity contribution in [2.45, 2.75) is 51.2 Å². The number of alkyl halides is 3. The van der Waals surface area contributed by atoms with Gasteiger partial charge in [0, 0.05) is 6.04 Å². The van der Waals surface area contributed by atoms with E-state index in [1.165, 1.54) is 31.4 Å². The summed E-state index contributed by atoms with van der Waals surface area (Å²) in [5.74, 6) is 0.859. The van der Waals surface area contributed by atoms with Crippen molar-refractivity contribution in [2.75, 3.05) is 6.54 Å². The largest absolute Gasteiger partial charge is 0.416 e. The number of nitrogens with one attached hydrogen (secondary N) is 1. The van der Waals surface area contributed by atoms with Gasteiger partial charge in [0.1, 0.15) is 0 Å². The molecule has 1 aromatic rings. The summed E-state index contributed by atoms with van der Waals surface area (Å²) in [7, 11) is 0. The van der Waals surface area contributed by atoms with Crippen molar-refractivity contribution < 1.29 is 13.2 Å². The van der Waals surface area contributed by atoms with Crippen molar-refractivity contribution >= 4 is 0 Å². The van der Waals surface area contributed by atoms with Crippen LogP contribution in [0.3, 0.4) is 0 Å². The highest BCUT2D eigenvalue weighted by atomic mass is 19.4. The van der Waals surface area contributed by atoms with Crippen LogP contribution in [0.15, 0.2) is 24.3 Å². The Morgan fingerprint density at radius 3 is 2.65 bits per heavy atom. The minimum absolute atomic E-state index is 0.282. The molecule has 0 aromatic heterocycles. The van der Waals surface area contributed by atoms with E-state index in [1.807, 2.05) is 6.92 Å². The summed E-state index contributed by atoms with van der Waals surface area (Å²) in [6.45, 7) is 2.89. The second-order valence-electron chi connectivity index (χ2n) is 5.68. The zero-order valence-corrected chi connectivity index (χ0v) is 11.8. The van der Waals surface area contributed by atoms with Gasteiger partial charge in [0.2, 0.25) is 0 Å². The molecule has 0 spiro atoms. The van der Waals surface area contributed by atoms with Gasteiger partial charge >= 0.3 is 6.18 Å². The average Bonchev–Trinajstić information content (AvgIpc) is 3.20. The Balaban J connectivity index is 1.97. The van der Waals surface area contributed by atoms with Gasteiger partial charge in [-0.2, -0.15) is 13.2 Å². The first-order valence-corrected chi connectivity index (χ1v) is 7.38. The van der Waals surface area contributed by atoms with Crippen LogP contribution < -0.4 is 5.32 Å². The van der Waals surface area contributed by atoms with Gasteiger partial charge in [-0.05, 0) is 43.4 Å². The topological polar surface area (TPSA) is 12.0 Å². The van der Waals surface area contributed by atoms with Crippen molar-refractivity contribution in [1.82, 2.24) is 5.32 Å². The molecular weight excluding hydrogens is 263 g/mol. The van der Waals surface area contributed by atoms with Crippen molar-refractivity contribution in [3.63, 3.8) is 0 Å². The molecule has 4 heteroatoms. The highest BCUT2D eigenvalue weighted by Gasteiger charge is 2.30. The molecule has 1 aliphatic carbocycles. The molecule has 20 heavy (non-hydrogen) atoms. The Morgan fingerprint density at radius 1 is 1.30 bits per heavy atom. The minimum Gasteiger partial charge on any atom is -0.314 e. The molecule has 1 unspecified atom stereocenters. The van der Waals surface area contributed by atoms with E-state index < -0.39 is 11.7 Å². The Bertz CT molecular complexity index is 424. The van der Waals surface area contributed by atoms with Crippen LogP contribution in [0.25, 0.3) is 0 Å². The molecule has 112 valence electrons. The zero-order chi connectivity index (χ0) is 14.6. The summed E-state index contributed by atoms with van der Waals surface area (Å²) in [6.07, 6.45) is 1.30. The molecule has 0 radical (unpaired) electrons. The van der Waals surface area contributed by atoms with Crippen LogP contribution in [0.2, 0.25) is 0 Å². The van der Waals surface area contributed by atoms with Crippen LogP contribution in [-0.2, 0) is 12.6 Å². The second kappa shape index (κ2) is 6.61. The van der Waals surface area contributed by atoms with Gasteiger partial charge in [-0.1, -0.05) is 38.0 Å². The van der Waals surface area contributed by atoms with E-state index in [0.29, 0.717) is 6.42 Å². The fourth-order valence-electron chi connectivity index (χ4n) is 2.57. The monoisotopic (exact) mass is 285 g/mol. The van der Waals surface area contributed by atoms with Crippen molar-refractivity contribution in [2.24, 2.45) is 5.92 Å². The lowest BCUT2D eigenvalue weighted by Crippen LogP contribution is -2.31. The summed E-state index contributed by atoms with van der Waals surface area (Å²) >= 11 is 0. The lowest BCUT2D eigenvalue weighted by molar-refractivity contribution is -0.137. The van der Waals surface area contributed by atoms with Gasteiger partial charge in [-0.25, -0.2) is 0 Å². The third kappa shape index (κ3) is 4.82. The normalized spacial score (nSPS) is 17.2. The predicted octanol–water partition coefficient (Wildman–Crippen LogP) is 4.42. The number of hydrogen-bond donors (Lipinski definition) is 1. The Labute approximate surface area is 118 Å². The van der Waals surface area contributed by atoms with Crippen molar-refractivity contribution in [3.05, 3.63) is 35.4 Å². The van der Waals surface area contributed by atoms with Gasteiger partial charge in [0.15, 0.2) is 0 Å². The Kier molecular flexibility index (Phi) is 5.08.